The summed E-state index contributed by atoms with van der Waals surface area (Å²) in [5, 5.41) is 3.69. The predicted octanol–water partition coefficient (Wildman–Crippen LogP) is 6.79. The summed E-state index contributed by atoms with van der Waals surface area (Å²) in [6.07, 6.45) is 11.0. The first-order valence-electron chi connectivity index (χ1n) is 11.1. The molecule has 1 fully saturated rings. The van der Waals surface area contributed by atoms with Gasteiger partial charge in [0.2, 0.25) is 5.88 Å². The second-order valence-corrected chi connectivity index (χ2v) is 8.39. The minimum absolute atomic E-state index is 0.0349. The van der Waals surface area contributed by atoms with Crippen molar-refractivity contribution in [3.63, 3.8) is 0 Å². The van der Waals surface area contributed by atoms with Crippen molar-refractivity contribution in [2.75, 3.05) is 5.73 Å². The summed E-state index contributed by atoms with van der Waals surface area (Å²) in [6.45, 7) is 15.4. The summed E-state index contributed by atoms with van der Waals surface area (Å²) in [5.74, 6) is 0.284. The zero-order valence-corrected chi connectivity index (χ0v) is 19.8. The van der Waals surface area contributed by atoms with Gasteiger partial charge in [-0.1, -0.05) is 53.9 Å². The Kier molecular flexibility index (Phi) is 9.32. The van der Waals surface area contributed by atoms with E-state index in [2.05, 4.69) is 43.2 Å². The highest BCUT2D eigenvalue weighted by Crippen LogP contribution is 2.32. The minimum atomic E-state index is -0.0349. The van der Waals surface area contributed by atoms with Crippen molar-refractivity contribution in [1.82, 2.24) is 14.7 Å². The molecule has 6 heteroatoms. The molecule has 0 amide bonds. The fourth-order valence-electron chi connectivity index (χ4n) is 3.54. The number of nitrogens with one attached hydrogen (secondary N) is 1. The topological polar surface area (TPSA) is 89.8 Å². The van der Waals surface area contributed by atoms with Gasteiger partial charge in [-0.25, -0.2) is 4.79 Å². The number of hydrogen-bond acceptors (Lipinski definition) is 4. The van der Waals surface area contributed by atoms with Crippen LogP contribution >= 0.6 is 0 Å². The van der Waals surface area contributed by atoms with E-state index in [0.29, 0.717) is 6.04 Å². The number of nitrogen functional groups attached to an aromatic ring is 1. The number of anilines is 1. The average Bonchev–Trinajstić information content (AvgIpc) is 3.47. The molecule has 3 aromatic rings. The molecule has 1 aliphatic rings. The molecule has 172 valence electrons. The Morgan fingerprint density at radius 1 is 1.31 bits per heavy atom. The largest absolute Gasteiger partial charge is 0.367 e. The van der Waals surface area contributed by atoms with Crippen molar-refractivity contribution in [3.8, 4) is 11.1 Å². The van der Waals surface area contributed by atoms with Gasteiger partial charge in [-0.05, 0) is 64.7 Å². The second kappa shape index (κ2) is 11.9. The first-order valence-corrected chi connectivity index (χ1v) is 11.1. The van der Waals surface area contributed by atoms with Crippen LogP contribution in [0.3, 0.4) is 0 Å². The van der Waals surface area contributed by atoms with Crippen LogP contribution in [0.4, 0.5) is 5.88 Å². The molecule has 0 atom stereocenters. The number of nitrogens with zero attached hydrogens (tertiary/aromatic N) is 2. The van der Waals surface area contributed by atoms with Gasteiger partial charge < -0.3 is 15.2 Å². The van der Waals surface area contributed by atoms with E-state index in [0.717, 1.165) is 41.4 Å². The highest BCUT2D eigenvalue weighted by atomic mass is 16.5. The van der Waals surface area contributed by atoms with E-state index in [1.54, 1.807) is 6.20 Å². The van der Waals surface area contributed by atoms with Gasteiger partial charge >= 0.3 is 5.69 Å². The van der Waals surface area contributed by atoms with Crippen LogP contribution in [0, 0.1) is 0 Å². The van der Waals surface area contributed by atoms with Gasteiger partial charge in [-0.3, -0.25) is 4.57 Å². The van der Waals surface area contributed by atoms with Crippen LogP contribution in [0.1, 0.15) is 65.8 Å². The SMILES string of the molecule is C=CCC(=C)C.CC=C(C)C.Nc1oncc1-c1ccc2c(c1)[nH]c(=O)n2C1CCCC1. The molecule has 1 aliphatic carbocycles. The lowest BCUT2D eigenvalue weighted by Gasteiger charge is -2.11. The molecule has 0 saturated heterocycles. The molecular formula is C26H36N4O2. The van der Waals surface area contributed by atoms with Gasteiger partial charge in [0.05, 0.1) is 22.8 Å². The number of H-pyrrole nitrogens is 1. The van der Waals surface area contributed by atoms with Crippen molar-refractivity contribution in [3.05, 3.63) is 71.3 Å². The third-order valence-electron chi connectivity index (χ3n) is 5.39. The lowest BCUT2D eigenvalue weighted by molar-refractivity contribution is 0.436. The number of rotatable bonds is 4. The van der Waals surface area contributed by atoms with Gasteiger partial charge in [0.1, 0.15) is 0 Å². The van der Waals surface area contributed by atoms with Crippen LogP contribution in [0.2, 0.25) is 0 Å². The number of allylic oxidation sites excluding steroid dienone is 4. The fraction of sp³-hybridized carbons (Fsp3) is 0.385. The van der Waals surface area contributed by atoms with Crippen molar-refractivity contribution >= 4 is 16.9 Å². The third kappa shape index (κ3) is 6.61. The number of benzene rings is 1. The average molecular weight is 437 g/mol. The van der Waals surface area contributed by atoms with Gasteiger partial charge in [0.25, 0.3) is 0 Å². The molecule has 0 radical (unpaired) electrons. The molecule has 6 nitrogen and oxygen atoms in total. The Hall–Kier alpha value is -3.28. The number of aromatic amines is 1. The zero-order valence-electron chi connectivity index (χ0n) is 19.8. The van der Waals surface area contributed by atoms with Crippen LogP contribution in [0.5, 0.6) is 0 Å². The van der Waals surface area contributed by atoms with Gasteiger partial charge in [0, 0.05) is 6.04 Å². The molecule has 2 aromatic heterocycles. The number of hydrogen-bond donors (Lipinski definition) is 2. The molecular weight excluding hydrogens is 400 g/mol. The van der Waals surface area contributed by atoms with Crippen molar-refractivity contribution in [2.24, 2.45) is 0 Å². The summed E-state index contributed by atoms with van der Waals surface area (Å²) in [7, 11) is 0. The third-order valence-corrected chi connectivity index (χ3v) is 5.39. The predicted molar refractivity (Wildman–Crippen MR) is 135 cm³/mol. The zero-order chi connectivity index (χ0) is 23.7. The van der Waals surface area contributed by atoms with Crippen LogP contribution in [-0.4, -0.2) is 14.7 Å². The Bertz CT molecular complexity index is 1120. The van der Waals surface area contributed by atoms with Crippen molar-refractivity contribution in [2.45, 2.75) is 65.8 Å². The lowest BCUT2D eigenvalue weighted by atomic mass is 10.1. The van der Waals surface area contributed by atoms with Gasteiger partial charge in [-0.15, -0.1) is 6.58 Å². The summed E-state index contributed by atoms with van der Waals surface area (Å²) >= 11 is 0. The van der Waals surface area contributed by atoms with Gasteiger partial charge in [0.15, 0.2) is 0 Å². The Morgan fingerprint density at radius 3 is 2.44 bits per heavy atom. The van der Waals surface area contributed by atoms with Crippen LogP contribution in [0.25, 0.3) is 22.2 Å². The molecule has 1 aromatic carbocycles. The molecule has 1 saturated carbocycles. The molecule has 3 N–H and O–H groups in total. The van der Waals surface area contributed by atoms with E-state index in [1.807, 2.05) is 42.7 Å². The second-order valence-electron chi connectivity index (χ2n) is 8.39. The summed E-state index contributed by atoms with van der Waals surface area (Å²) in [6, 6.07) is 6.15. The van der Waals surface area contributed by atoms with Crippen LogP contribution < -0.4 is 11.4 Å². The number of imidazole rings is 1. The van der Waals surface area contributed by atoms with E-state index in [1.165, 1.54) is 24.0 Å². The molecule has 0 bridgehead atoms. The van der Waals surface area contributed by atoms with E-state index in [4.69, 9.17) is 10.3 Å². The Labute approximate surface area is 190 Å². The number of nitrogens with two attached hydrogens (primary N) is 1. The quantitative estimate of drug-likeness (QED) is 0.440. The van der Waals surface area contributed by atoms with E-state index in [-0.39, 0.29) is 11.6 Å². The molecule has 0 unspecified atom stereocenters. The lowest BCUT2D eigenvalue weighted by Crippen LogP contribution is -2.20. The van der Waals surface area contributed by atoms with E-state index >= 15 is 0 Å². The number of aromatic nitrogens is 3. The maximum absolute atomic E-state index is 12.2. The molecule has 2 heterocycles. The molecule has 0 aliphatic heterocycles. The van der Waals surface area contributed by atoms with Crippen LogP contribution in [0.15, 0.2) is 70.2 Å². The maximum Gasteiger partial charge on any atom is 0.326 e. The first-order chi connectivity index (χ1) is 15.3. The molecule has 32 heavy (non-hydrogen) atoms. The highest BCUT2D eigenvalue weighted by Gasteiger charge is 2.21. The Balaban J connectivity index is 0.000000277. The standard InChI is InChI=1S/C15H16N4O2.C6H10.C5H10/c16-14-11(8-17-21-14)9-5-6-13-12(7-9)18-15(20)19(13)10-3-1-2-4-10;1-4-5-6(2)3;1-4-5(2)3/h5-8,10H,1-4,16H2,(H,18,20);4H,1-2,5H2,3H3;4H,1-3H3. The van der Waals surface area contributed by atoms with Crippen molar-refractivity contribution < 1.29 is 4.52 Å². The van der Waals surface area contributed by atoms with E-state index < -0.39 is 0 Å². The highest BCUT2D eigenvalue weighted by molar-refractivity contribution is 5.84. The number of fused-ring (bicyclic) bond motifs is 1. The Morgan fingerprint density at radius 2 is 1.97 bits per heavy atom. The monoisotopic (exact) mass is 436 g/mol. The fourth-order valence-corrected chi connectivity index (χ4v) is 3.54. The molecule has 0 spiro atoms. The van der Waals surface area contributed by atoms with Gasteiger partial charge in [-0.2, -0.15) is 0 Å². The van der Waals surface area contributed by atoms with Crippen LogP contribution in [-0.2, 0) is 0 Å². The minimum Gasteiger partial charge on any atom is -0.367 e. The summed E-state index contributed by atoms with van der Waals surface area (Å²) in [4.78, 5) is 15.2. The first kappa shape index (κ1) is 25.0. The normalized spacial score (nSPS) is 13.0. The van der Waals surface area contributed by atoms with Crippen molar-refractivity contribution in [1.29, 1.82) is 0 Å². The molecule has 4 rings (SSSR count). The smallest absolute Gasteiger partial charge is 0.326 e. The maximum atomic E-state index is 12.2. The summed E-state index contributed by atoms with van der Waals surface area (Å²) in [5.41, 5.74) is 11.7. The van der Waals surface area contributed by atoms with E-state index in [9.17, 15) is 4.79 Å². The summed E-state index contributed by atoms with van der Waals surface area (Å²) < 4.78 is 6.78.